The van der Waals surface area contributed by atoms with Crippen molar-refractivity contribution in [1.29, 1.82) is 0 Å². The summed E-state index contributed by atoms with van der Waals surface area (Å²) in [4.78, 5) is 14.1. The van der Waals surface area contributed by atoms with E-state index in [-0.39, 0.29) is 11.8 Å². The van der Waals surface area contributed by atoms with Gasteiger partial charge < -0.3 is 15.4 Å². The molecule has 0 bridgehead atoms. The Bertz CT molecular complexity index is 451. The SMILES string of the molecule is CCCC(CN)C(=O)N(C)Cc1cc(Br)ccc1OC. The summed E-state index contributed by atoms with van der Waals surface area (Å²) in [6.45, 7) is 2.97. The predicted molar refractivity (Wildman–Crippen MR) is 84.6 cm³/mol. The van der Waals surface area contributed by atoms with Crippen LogP contribution < -0.4 is 10.5 Å². The number of rotatable bonds is 7. The lowest BCUT2D eigenvalue weighted by molar-refractivity contribution is -0.134. The summed E-state index contributed by atoms with van der Waals surface area (Å²) in [6, 6.07) is 5.79. The van der Waals surface area contributed by atoms with Crippen LogP contribution in [0.2, 0.25) is 0 Å². The summed E-state index contributed by atoms with van der Waals surface area (Å²) < 4.78 is 6.30. The third-order valence-electron chi connectivity index (χ3n) is 3.30. The van der Waals surface area contributed by atoms with Gasteiger partial charge in [0.05, 0.1) is 13.0 Å². The van der Waals surface area contributed by atoms with Gasteiger partial charge in [0, 0.05) is 30.2 Å². The summed E-state index contributed by atoms with van der Waals surface area (Å²) in [7, 11) is 3.44. The Morgan fingerprint density at radius 2 is 2.20 bits per heavy atom. The Morgan fingerprint density at radius 3 is 2.75 bits per heavy atom. The highest BCUT2D eigenvalue weighted by molar-refractivity contribution is 9.10. The minimum Gasteiger partial charge on any atom is -0.496 e. The van der Waals surface area contributed by atoms with Crippen LogP contribution in [0.25, 0.3) is 0 Å². The van der Waals surface area contributed by atoms with Crippen molar-refractivity contribution in [2.75, 3.05) is 20.7 Å². The maximum absolute atomic E-state index is 12.3. The number of ether oxygens (including phenoxy) is 1. The maximum Gasteiger partial charge on any atom is 0.226 e. The molecule has 1 rings (SSSR count). The van der Waals surface area contributed by atoms with E-state index in [9.17, 15) is 4.79 Å². The standard InChI is InChI=1S/C15H23BrN2O2/c1-4-5-11(9-17)15(19)18(2)10-12-8-13(16)6-7-14(12)20-3/h6-8,11H,4-5,9-10,17H2,1-3H3. The zero-order chi connectivity index (χ0) is 15.1. The Morgan fingerprint density at radius 1 is 1.50 bits per heavy atom. The van der Waals surface area contributed by atoms with Crippen LogP contribution >= 0.6 is 15.9 Å². The molecule has 0 saturated heterocycles. The molecule has 1 amide bonds. The molecule has 20 heavy (non-hydrogen) atoms. The largest absolute Gasteiger partial charge is 0.496 e. The van der Waals surface area contributed by atoms with Gasteiger partial charge in [0.25, 0.3) is 0 Å². The Balaban J connectivity index is 2.81. The van der Waals surface area contributed by atoms with Crippen LogP contribution in [0, 0.1) is 5.92 Å². The molecule has 112 valence electrons. The van der Waals surface area contributed by atoms with Gasteiger partial charge in [-0.25, -0.2) is 0 Å². The molecule has 4 nitrogen and oxygen atoms in total. The number of hydrogen-bond acceptors (Lipinski definition) is 3. The second-order valence-electron chi connectivity index (χ2n) is 4.87. The van der Waals surface area contributed by atoms with Gasteiger partial charge in [-0.3, -0.25) is 4.79 Å². The van der Waals surface area contributed by atoms with Gasteiger partial charge in [-0.05, 0) is 24.6 Å². The fourth-order valence-electron chi connectivity index (χ4n) is 2.21. The van der Waals surface area contributed by atoms with Crippen molar-refractivity contribution >= 4 is 21.8 Å². The first-order valence-corrected chi connectivity index (χ1v) is 7.60. The van der Waals surface area contributed by atoms with Gasteiger partial charge in [0.1, 0.15) is 5.75 Å². The molecule has 0 fully saturated rings. The van der Waals surface area contributed by atoms with Gasteiger partial charge >= 0.3 is 0 Å². The summed E-state index contributed by atoms with van der Waals surface area (Å²) in [5.41, 5.74) is 6.67. The molecule has 1 atom stereocenters. The first-order chi connectivity index (χ1) is 9.53. The lowest BCUT2D eigenvalue weighted by atomic mass is 10.0. The molecule has 1 aromatic carbocycles. The molecule has 0 saturated carbocycles. The second-order valence-corrected chi connectivity index (χ2v) is 5.79. The van der Waals surface area contributed by atoms with E-state index in [4.69, 9.17) is 10.5 Å². The summed E-state index contributed by atoms with van der Waals surface area (Å²) in [6.07, 6.45) is 1.79. The van der Waals surface area contributed by atoms with Crippen molar-refractivity contribution in [2.24, 2.45) is 11.7 Å². The van der Waals surface area contributed by atoms with Crippen LogP contribution in [-0.2, 0) is 11.3 Å². The quantitative estimate of drug-likeness (QED) is 0.828. The Labute approximate surface area is 129 Å². The van der Waals surface area contributed by atoms with Crippen LogP contribution in [0.3, 0.4) is 0 Å². The Kier molecular flexibility index (Phi) is 7.02. The van der Waals surface area contributed by atoms with Crippen molar-refractivity contribution in [2.45, 2.75) is 26.3 Å². The lowest BCUT2D eigenvalue weighted by Crippen LogP contribution is -2.36. The van der Waals surface area contributed by atoms with Crippen molar-refractivity contribution < 1.29 is 9.53 Å². The van der Waals surface area contributed by atoms with Crippen molar-refractivity contribution in [3.8, 4) is 5.75 Å². The molecule has 0 heterocycles. The number of amides is 1. The van der Waals surface area contributed by atoms with Crippen LogP contribution in [0.15, 0.2) is 22.7 Å². The summed E-state index contributed by atoms with van der Waals surface area (Å²) in [5.74, 6) is 0.784. The van der Waals surface area contributed by atoms with E-state index in [0.29, 0.717) is 13.1 Å². The summed E-state index contributed by atoms with van der Waals surface area (Å²) in [5, 5.41) is 0. The highest BCUT2D eigenvalue weighted by atomic mass is 79.9. The molecule has 5 heteroatoms. The number of carbonyl (C=O) groups excluding carboxylic acids is 1. The average Bonchev–Trinajstić information content (AvgIpc) is 2.44. The van der Waals surface area contributed by atoms with E-state index in [1.165, 1.54) is 0 Å². The maximum atomic E-state index is 12.3. The number of benzene rings is 1. The minimum atomic E-state index is -0.0943. The van der Waals surface area contributed by atoms with E-state index in [0.717, 1.165) is 28.6 Å². The van der Waals surface area contributed by atoms with Crippen LogP contribution in [-0.4, -0.2) is 31.5 Å². The predicted octanol–water partition coefficient (Wildman–Crippen LogP) is 2.79. The van der Waals surface area contributed by atoms with Gasteiger partial charge in [0.15, 0.2) is 0 Å². The fourth-order valence-corrected chi connectivity index (χ4v) is 2.61. The summed E-state index contributed by atoms with van der Waals surface area (Å²) >= 11 is 3.44. The van der Waals surface area contributed by atoms with E-state index in [2.05, 4.69) is 22.9 Å². The van der Waals surface area contributed by atoms with Crippen molar-refractivity contribution in [3.63, 3.8) is 0 Å². The number of nitrogens with two attached hydrogens (primary N) is 1. The molecule has 0 aliphatic rings. The molecule has 0 aliphatic heterocycles. The van der Waals surface area contributed by atoms with E-state index in [1.54, 1.807) is 19.1 Å². The van der Waals surface area contributed by atoms with Gasteiger partial charge in [-0.1, -0.05) is 29.3 Å². The van der Waals surface area contributed by atoms with E-state index in [1.807, 2.05) is 18.2 Å². The van der Waals surface area contributed by atoms with Crippen molar-refractivity contribution in [1.82, 2.24) is 4.90 Å². The number of hydrogen-bond donors (Lipinski definition) is 1. The van der Waals surface area contributed by atoms with Gasteiger partial charge in [-0.15, -0.1) is 0 Å². The molecule has 2 N–H and O–H groups in total. The van der Waals surface area contributed by atoms with Crippen LogP contribution in [0.5, 0.6) is 5.75 Å². The third kappa shape index (κ3) is 4.49. The van der Waals surface area contributed by atoms with Gasteiger partial charge in [0.2, 0.25) is 5.91 Å². The third-order valence-corrected chi connectivity index (χ3v) is 3.79. The van der Waals surface area contributed by atoms with Gasteiger partial charge in [-0.2, -0.15) is 0 Å². The number of methoxy groups -OCH3 is 1. The molecule has 0 aromatic heterocycles. The smallest absolute Gasteiger partial charge is 0.226 e. The molecule has 0 spiro atoms. The van der Waals surface area contributed by atoms with E-state index >= 15 is 0 Å². The molecular weight excluding hydrogens is 320 g/mol. The molecule has 0 aliphatic carbocycles. The zero-order valence-electron chi connectivity index (χ0n) is 12.4. The molecule has 1 aromatic rings. The van der Waals surface area contributed by atoms with Crippen LogP contribution in [0.1, 0.15) is 25.3 Å². The highest BCUT2D eigenvalue weighted by Crippen LogP contribution is 2.24. The number of carbonyl (C=O) groups is 1. The van der Waals surface area contributed by atoms with Crippen LogP contribution in [0.4, 0.5) is 0 Å². The molecule has 1 unspecified atom stereocenters. The number of halogens is 1. The first kappa shape index (κ1) is 17.0. The van der Waals surface area contributed by atoms with Crippen molar-refractivity contribution in [3.05, 3.63) is 28.2 Å². The number of nitrogens with zero attached hydrogens (tertiary/aromatic N) is 1. The second kappa shape index (κ2) is 8.27. The highest BCUT2D eigenvalue weighted by Gasteiger charge is 2.20. The monoisotopic (exact) mass is 342 g/mol. The molecule has 0 radical (unpaired) electrons. The topological polar surface area (TPSA) is 55.6 Å². The minimum absolute atomic E-state index is 0.0939. The van der Waals surface area contributed by atoms with E-state index < -0.39 is 0 Å². The Hall–Kier alpha value is -1.07. The normalized spacial score (nSPS) is 12.1. The zero-order valence-corrected chi connectivity index (χ0v) is 13.9. The molecular formula is C15H23BrN2O2. The average molecular weight is 343 g/mol. The fraction of sp³-hybridized carbons (Fsp3) is 0.533. The lowest BCUT2D eigenvalue weighted by Gasteiger charge is -2.23. The first-order valence-electron chi connectivity index (χ1n) is 6.80.